The number of carbonyl (C=O) groups excluding carboxylic acids is 2. The summed E-state index contributed by atoms with van der Waals surface area (Å²) in [7, 11) is 0. The van der Waals surface area contributed by atoms with E-state index in [1.165, 1.54) is 22.5 Å². The fourth-order valence-electron chi connectivity index (χ4n) is 2.90. The van der Waals surface area contributed by atoms with Gasteiger partial charge in [-0.05, 0) is 29.0 Å². The molecule has 0 saturated heterocycles. The lowest BCUT2D eigenvalue weighted by Gasteiger charge is -2.18. The van der Waals surface area contributed by atoms with E-state index in [0.717, 1.165) is 6.42 Å². The van der Waals surface area contributed by atoms with Gasteiger partial charge in [-0.25, -0.2) is 4.79 Å². The van der Waals surface area contributed by atoms with Crippen LogP contribution in [0.2, 0.25) is 0 Å². The van der Waals surface area contributed by atoms with E-state index in [4.69, 9.17) is 4.74 Å². The predicted octanol–water partition coefficient (Wildman–Crippen LogP) is 4.24. The van der Waals surface area contributed by atoms with Gasteiger partial charge in [0.15, 0.2) is 6.61 Å². The van der Waals surface area contributed by atoms with Crippen LogP contribution in [0.1, 0.15) is 33.1 Å². The van der Waals surface area contributed by atoms with Gasteiger partial charge in [-0.15, -0.1) is 11.3 Å². The second-order valence-corrected chi connectivity index (χ2v) is 7.01. The summed E-state index contributed by atoms with van der Waals surface area (Å²) < 4.78 is 5.03. The number of carbonyl (C=O) groups is 2. The molecule has 0 bridgehead atoms. The van der Waals surface area contributed by atoms with Crippen LogP contribution in [0.3, 0.4) is 0 Å². The maximum atomic E-state index is 12.0. The molecule has 0 aliphatic carbocycles. The SMILES string of the molecule is O=C(COC(=O)c1cccs1)NCCC(c1ccccc1)c1ccccc1. The highest BCUT2D eigenvalue weighted by molar-refractivity contribution is 7.11. The summed E-state index contributed by atoms with van der Waals surface area (Å²) in [6.07, 6.45) is 0.763. The van der Waals surface area contributed by atoms with Gasteiger partial charge in [0.2, 0.25) is 0 Å². The average molecular weight is 379 g/mol. The fraction of sp³-hybridized carbons (Fsp3) is 0.182. The van der Waals surface area contributed by atoms with Gasteiger partial charge in [-0.3, -0.25) is 4.79 Å². The van der Waals surface area contributed by atoms with Crippen LogP contribution in [0.5, 0.6) is 0 Å². The molecule has 0 spiro atoms. The van der Waals surface area contributed by atoms with Gasteiger partial charge in [0, 0.05) is 12.5 Å². The Morgan fingerprint density at radius 3 is 2.07 bits per heavy atom. The van der Waals surface area contributed by atoms with E-state index >= 15 is 0 Å². The van der Waals surface area contributed by atoms with E-state index in [1.807, 2.05) is 36.4 Å². The minimum Gasteiger partial charge on any atom is -0.451 e. The number of hydrogen-bond acceptors (Lipinski definition) is 4. The number of amides is 1. The molecular formula is C22H21NO3S. The lowest BCUT2D eigenvalue weighted by molar-refractivity contribution is -0.124. The Morgan fingerprint density at radius 2 is 1.52 bits per heavy atom. The van der Waals surface area contributed by atoms with Crippen LogP contribution < -0.4 is 5.32 Å². The van der Waals surface area contributed by atoms with Crippen molar-refractivity contribution in [2.24, 2.45) is 0 Å². The number of rotatable bonds is 8. The van der Waals surface area contributed by atoms with Crippen LogP contribution in [0, 0.1) is 0 Å². The highest BCUT2D eigenvalue weighted by Gasteiger charge is 2.15. The third-order valence-corrected chi connectivity index (χ3v) is 5.07. The van der Waals surface area contributed by atoms with Crippen molar-refractivity contribution in [3.05, 3.63) is 94.2 Å². The van der Waals surface area contributed by atoms with Crippen molar-refractivity contribution < 1.29 is 14.3 Å². The highest BCUT2D eigenvalue weighted by Crippen LogP contribution is 2.27. The predicted molar refractivity (Wildman–Crippen MR) is 107 cm³/mol. The van der Waals surface area contributed by atoms with Crippen LogP contribution in [0.15, 0.2) is 78.2 Å². The van der Waals surface area contributed by atoms with Crippen molar-refractivity contribution in [3.63, 3.8) is 0 Å². The van der Waals surface area contributed by atoms with Gasteiger partial charge >= 0.3 is 5.97 Å². The first-order valence-electron chi connectivity index (χ1n) is 8.81. The summed E-state index contributed by atoms with van der Waals surface area (Å²) >= 11 is 1.29. The maximum absolute atomic E-state index is 12.0. The number of hydrogen-bond donors (Lipinski definition) is 1. The van der Waals surface area contributed by atoms with E-state index in [9.17, 15) is 9.59 Å². The van der Waals surface area contributed by atoms with Gasteiger partial charge in [-0.2, -0.15) is 0 Å². The lowest BCUT2D eigenvalue weighted by atomic mass is 9.88. The zero-order valence-electron chi connectivity index (χ0n) is 14.8. The minimum atomic E-state index is -0.466. The summed E-state index contributed by atoms with van der Waals surface area (Å²) in [5.41, 5.74) is 2.42. The van der Waals surface area contributed by atoms with Gasteiger partial charge in [-0.1, -0.05) is 66.7 Å². The Morgan fingerprint density at radius 1 is 0.889 bits per heavy atom. The molecular weight excluding hydrogens is 358 g/mol. The number of benzene rings is 2. The zero-order valence-corrected chi connectivity index (χ0v) is 15.7. The molecule has 0 atom stereocenters. The molecule has 4 nitrogen and oxygen atoms in total. The molecule has 1 heterocycles. The zero-order chi connectivity index (χ0) is 18.9. The summed E-state index contributed by atoms with van der Waals surface area (Å²) in [6, 6.07) is 23.9. The van der Waals surface area contributed by atoms with Crippen molar-refractivity contribution in [2.75, 3.05) is 13.2 Å². The minimum absolute atomic E-state index is 0.196. The summed E-state index contributed by atoms with van der Waals surface area (Å²) in [5.74, 6) is -0.562. The van der Waals surface area contributed by atoms with E-state index in [-0.39, 0.29) is 18.4 Å². The summed E-state index contributed by atoms with van der Waals surface area (Å²) in [4.78, 5) is 24.3. The number of esters is 1. The van der Waals surface area contributed by atoms with Crippen molar-refractivity contribution in [1.82, 2.24) is 5.32 Å². The Kier molecular flexibility index (Phi) is 6.77. The Bertz CT molecular complexity index is 808. The Balaban J connectivity index is 1.52. The normalized spacial score (nSPS) is 10.6. The molecule has 2 aromatic carbocycles. The highest BCUT2D eigenvalue weighted by atomic mass is 32.1. The molecule has 27 heavy (non-hydrogen) atoms. The second kappa shape index (κ2) is 9.69. The number of ether oxygens (including phenoxy) is 1. The molecule has 5 heteroatoms. The molecule has 0 radical (unpaired) electrons. The van der Waals surface area contributed by atoms with Gasteiger partial charge in [0.05, 0.1) is 0 Å². The third-order valence-electron chi connectivity index (χ3n) is 4.22. The van der Waals surface area contributed by atoms with Crippen molar-refractivity contribution >= 4 is 23.2 Å². The molecule has 0 unspecified atom stereocenters. The van der Waals surface area contributed by atoms with Crippen LogP contribution in [0.25, 0.3) is 0 Å². The molecule has 0 saturated carbocycles. The standard InChI is InChI=1S/C22H21NO3S/c24-21(16-26-22(25)20-12-7-15-27-20)23-14-13-19(17-8-3-1-4-9-17)18-10-5-2-6-11-18/h1-12,15,19H,13-14,16H2,(H,23,24). The Labute approximate surface area is 162 Å². The lowest BCUT2D eigenvalue weighted by Crippen LogP contribution is -2.30. The molecule has 1 N–H and O–H groups in total. The largest absolute Gasteiger partial charge is 0.451 e. The average Bonchev–Trinajstić information content (AvgIpc) is 3.26. The number of thiophene rings is 1. The van der Waals surface area contributed by atoms with E-state index in [1.54, 1.807) is 17.5 Å². The van der Waals surface area contributed by atoms with Gasteiger partial charge < -0.3 is 10.1 Å². The molecule has 3 aromatic rings. The quantitative estimate of drug-likeness (QED) is 0.596. The first-order valence-corrected chi connectivity index (χ1v) is 9.69. The Hall–Kier alpha value is -2.92. The second-order valence-electron chi connectivity index (χ2n) is 6.07. The van der Waals surface area contributed by atoms with Crippen LogP contribution in [-0.2, 0) is 9.53 Å². The topological polar surface area (TPSA) is 55.4 Å². The maximum Gasteiger partial charge on any atom is 0.348 e. The molecule has 138 valence electrons. The van der Waals surface area contributed by atoms with E-state index < -0.39 is 5.97 Å². The first-order chi connectivity index (χ1) is 13.2. The van der Waals surface area contributed by atoms with Crippen LogP contribution in [-0.4, -0.2) is 25.0 Å². The smallest absolute Gasteiger partial charge is 0.348 e. The summed E-state index contributed by atoms with van der Waals surface area (Å²) in [5, 5.41) is 4.64. The van der Waals surface area contributed by atoms with E-state index in [2.05, 4.69) is 29.6 Å². The van der Waals surface area contributed by atoms with Gasteiger partial charge in [0.25, 0.3) is 5.91 Å². The summed E-state index contributed by atoms with van der Waals surface area (Å²) in [6.45, 7) is 0.238. The van der Waals surface area contributed by atoms with Crippen molar-refractivity contribution in [3.8, 4) is 0 Å². The molecule has 0 fully saturated rings. The van der Waals surface area contributed by atoms with Crippen molar-refractivity contribution in [2.45, 2.75) is 12.3 Å². The van der Waals surface area contributed by atoms with Gasteiger partial charge in [0.1, 0.15) is 4.88 Å². The van der Waals surface area contributed by atoms with Crippen molar-refractivity contribution in [1.29, 1.82) is 0 Å². The molecule has 0 aliphatic rings. The molecule has 0 aliphatic heterocycles. The monoisotopic (exact) mass is 379 g/mol. The molecule has 1 amide bonds. The molecule has 3 rings (SSSR count). The first kappa shape index (κ1) is 18.9. The fourth-order valence-corrected chi connectivity index (χ4v) is 3.52. The number of nitrogens with one attached hydrogen (secondary N) is 1. The van der Waals surface area contributed by atoms with Crippen LogP contribution in [0.4, 0.5) is 0 Å². The third kappa shape index (κ3) is 5.53. The van der Waals surface area contributed by atoms with Crippen LogP contribution >= 0.6 is 11.3 Å². The molecule has 1 aromatic heterocycles. The van der Waals surface area contributed by atoms with E-state index in [0.29, 0.717) is 11.4 Å².